The quantitative estimate of drug-likeness (QED) is 0.337. The van der Waals surface area contributed by atoms with Crippen LogP contribution in [0.15, 0.2) is 31.0 Å². The summed E-state index contributed by atoms with van der Waals surface area (Å²) in [5.41, 5.74) is 0.588. The Hall–Kier alpha value is -4.56. The van der Waals surface area contributed by atoms with E-state index in [1.165, 1.54) is 35.6 Å². The summed E-state index contributed by atoms with van der Waals surface area (Å²) in [5, 5.41) is 8.09. The molecule has 1 aliphatic carbocycles. The molecule has 2 unspecified atom stereocenters. The molecule has 0 bridgehead atoms. The number of fused-ring (bicyclic) bond motifs is 1. The fourth-order valence-corrected chi connectivity index (χ4v) is 4.65. The van der Waals surface area contributed by atoms with Crippen LogP contribution in [0.5, 0.6) is 0 Å². The molecule has 0 aromatic carbocycles. The van der Waals surface area contributed by atoms with Crippen LogP contribution in [0, 0.1) is 11.8 Å². The number of aromatic nitrogens is 6. The van der Waals surface area contributed by atoms with E-state index in [4.69, 9.17) is 0 Å². The average Bonchev–Trinajstić information content (AvgIpc) is 3.38. The molecule has 2 aliphatic rings. The van der Waals surface area contributed by atoms with E-state index in [-0.39, 0.29) is 55.0 Å². The minimum Gasteiger partial charge on any atom is -0.371 e. The van der Waals surface area contributed by atoms with E-state index in [9.17, 15) is 23.2 Å². The van der Waals surface area contributed by atoms with Crippen molar-refractivity contribution in [1.82, 2.24) is 34.8 Å². The second kappa shape index (κ2) is 10.5. The van der Waals surface area contributed by atoms with E-state index in [1.807, 2.05) is 0 Å². The molecule has 5 rings (SSSR count). The molecule has 3 N–H and O–H groups in total. The molecule has 1 saturated heterocycles. The molecule has 2 fully saturated rings. The van der Waals surface area contributed by atoms with Gasteiger partial charge in [0.05, 0.1) is 30.3 Å². The Kier molecular flexibility index (Phi) is 7.12. The third-order valence-electron chi connectivity index (χ3n) is 7.17. The van der Waals surface area contributed by atoms with Crippen molar-refractivity contribution in [3.63, 3.8) is 0 Å². The van der Waals surface area contributed by atoms with Crippen molar-refractivity contribution in [1.29, 1.82) is 0 Å². The van der Waals surface area contributed by atoms with Gasteiger partial charge in [0.2, 0.25) is 11.9 Å². The van der Waals surface area contributed by atoms with E-state index < -0.39 is 35.6 Å². The number of piperidine rings is 1. The fraction of sp³-hybridized carbons (Fsp3) is 0.440. The second-order valence-electron chi connectivity index (χ2n) is 9.67. The van der Waals surface area contributed by atoms with Crippen molar-refractivity contribution in [2.75, 3.05) is 42.2 Å². The summed E-state index contributed by atoms with van der Waals surface area (Å²) in [6, 6.07) is 0.647. The highest BCUT2D eigenvalue weighted by molar-refractivity contribution is 6.00. The van der Waals surface area contributed by atoms with Crippen LogP contribution >= 0.6 is 0 Å². The molecule has 210 valence electrons. The van der Waals surface area contributed by atoms with Crippen molar-refractivity contribution in [2.24, 2.45) is 11.8 Å². The van der Waals surface area contributed by atoms with Crippen LogP contribution in [0.1, 0.15) is 36.8 Å². The minimum atomic E-state index is -2.58. The first-order valence-electron chi connectivity index (χ1n) is 12.8. The average molecular weight is 555 g/mol. The van der Waals surface area contributed by atoms with Gasteiger partial charge in [0.15, 0.2) is 23.1 Å². The Bertz CT molecular complexity index is 1430. The summed E-state index contributed by atoms with van der Waals surface area (Å²) in [6.07, 6.45) is 6.13. The van der Waals surface area contributed by atoms with Gasteiger partial charge in [-0.2, -0.15) is 0 Å². The van der Waals surface area contributed by atoms with Gasteiger partial charge in [0, 0.05) is 45.1 Å². The fourth-order valence-electron chi connectivity index (χ4n) is 4.65. The van der Waals surface area contributed by atoms with Crippen LogP contribution in [0.25, 0.3) is 11.4 Å². The van der Waals surface area contributed by atoms with Crippen LogP contribution in [-0.4, -0.2) is 79.7 Å². The Morgan fingerprint density at radius 1 is 1.12 bits per heavy atom. The number of amides is 2. The number of Topliss-reactive ketones (excluding diaryl/α,β-unsaturated/α-hetero) is 1. The van der Waals surface area contributed by atoms with Crippen molar-refractivity contribution < 1.29 is 23.2 Å². The Morgan fingerprint density at radius 2 is 1.82 bits per heavy atom. The van der Waals surface area contributed by atoms with Gasteiger partial charge in [-0.15, -0.1) is 0 Å². The molecular formula is C25H28F2N10O3. The number of hydrogen-bond donors (Lipinski definition) is 3. The molecule has 1 aliphatic heterocycles. The lowest BCUT2D eigenvalue weighted by molar-refractivity contribution is -0.119. The van der Waals surface area contributed by atoms with Gasteiger partial charge in [0.1, 0.15) is 11.9 Å². The molecular weight excluding hydrogens is 526 g/mol. The summed E-state index contributed by atoms with van der Waals surface area (Å²) in [5.74, 6) is -3.91. The van der Waals surface area contributed by atoms with Crippen molar-refractivity contribution in [2.45, 2.75) is 32.2 Å². The summed E-state index contributed by atoms with van der Waals surface area (Å²) in [4.78, 5) is 60.6. The summed E-state index contributed by atoms with van der Waals surface area (Å²) in [7, 11) is 1.59. The van der Waals surface area contributed by atoms with Crippen LogP contribution in [0.3, 0.4) is 0 Å². The highest BCUT2D eigenvalue weighted by Gasteiger charge is 2.72. The predicted molar refractivity (Wildman–Crippen MR) is 140 cm³/mol. The maximum Gasteiger partial charge on any atom is 0.272 e. The summed E-state index contributed by atoms with van der Waals surface area (Å²) >= 11 is 0. The first kappa shape index (κ1) is 27.0. The number of halogens is 2. The first-order chi connectivity index (χ1) is 19.1. The smallest absolute Gasteiger partial charge is 0.272 e. The Morgan fingerprint density at radius 3 is 2.48 bits per heavy atom. The SMILES string of the molecule is CCC(=O)CNC(=O)c1c(NC)ncn1[C@@H](C)C(=O)Nc1ccnc(-c2cnc(N3CC4C(C3)C4(F)F)nc2)n1. The van der Waals surface area contributed by atoms with Crippen LogP contribution in [0.2, 0.25) is 0 Å². The molecule has 2 amide bonds. The van der Waals surface area contributed by atoms with Gasteiger partial charge in [-0.05, 0) is 13.0 Å². The zero-order chi connectivity index (χ0) is 28.6. The molecule has 3 aromatic rings. The van der Waals surface area contributed by atoms with E-state index in [0.717, 1.165) is 0 Å². The highest BCUT2D eigenvalue weighted by Crippen LogP contribution is 2.59. The second-order valence-corrected chi connectivity index (χ2v) is 9.67. The van der Waals surface area contributed by atoms with E-state index in [0.29, 0.717) is 11.5 Å². The first-order valence-corrected chi connectivity index (χ1v) is 12.8. The Balaban J connectivity index is 1.26. The summed E-state index contributed by atoms with van der Waals surface area (Å²) < 4.78 is 28.4. The predicted octanol–water partition coefficient (Wildman–Crippen LogP) is 1.78. The number of hydrogen-bond acceptors (Lipinski definition) is 10. The molecule has 0 radical (unpaired) electrons. The normalized spacial score (nSPS) is 19.5. The van der Waals surface area contributed by atoms with Crippen molar-refractivity contribution in [3.8, 4) is 11.4 Å². The number of anilines is 3. The zero-order valence-electron chi connectivity index (χ0n) is 22.1. The maximum atomic E-state index is 13.5. The van der Waals surface area contributed by atoms with Gasteiger partial charge in [0.25, 0.3) is 11.8 Å². The number of nitrogens with zero attached hydrogens (tertiary/aromatic N) is 7. The number of imidazole rings is 1. The number of ketones is 1. The molecule has 3 atom stereocenters. The zero-order valence-corrected chi connectivity index (χ0v) is 22.1. The lowest BCUT2D eigenvalue weighted by Crippen LogP contribution is -2.33. The van der Waals surface area contributed by atoms with E-state index in [2.05, 4.69) is 40.9 Å². The molecule has 3 aromatic heterocycles. The highest BCUT2D eigenvalue weighted by atomic mass is 19.3. The largest absolute Gasteiger partial charge is 0.371 e. The standard InChI is InChI=1S/C25H28F2N10O3/c1-4-15(38)9-30-23(40)19-21(28-3)33-12-37(19)13(2)22(39)35-18-5-6-29-20(34-18)14-7-31-24(32-8-14)36-10-16-17(11-36)25(16,26)27/h5-8,12-13,16-17,28H,4,9-11H2,1-3H3,(H,30,40)(H,29,34,35,39)/t13-,16?,17?/m0/s1. The maximum absolute atomic E-state index is 13.5. The molecule has 40 heavy (non-hydrogen) atoms. The molecule has 0 spiro atoms. The summed E-state index contributed by atoms with van der Waals surface area (Å²) in [6.45, 7) is 3.61. The lowest BCUT2D eigenvalue weighted by Gasteiger charge is -2.19. The minimum absolute atomic E-state index is 0.105. The number of carbonyl (C=O) groups is 3. The van der Waals surface area contributed by atoms with E-state index >= 15 is 0 Å². The topological polar surface area (TPSA) is 160 Å². The van der Waals surface area contributed by atoms with Gasteiger partial charge >= 0.3 is 0 Å². The van der Waals surface area contributed by atoms with Crippen LogP contribution in [-0.2, 0) is 9.59 Å². The number of rotatable bonds is 10. The van der Waals surface area contributed by atoms with Crippen LogP contribution in [0.4, 0.5) is 26.4 Å². The lowest BCUT2D eigenvalue weighted by atomic mass is 10.2. The van der Waals surface area contributed by atoms with Gasteiger partial charge in [-0.25, -0.2) is 33.7 Å². The van der Waals surface area contributed by atoms with E-state index in [1.54, 1.807) is 25.8 Å². The monoisotopic (exact) mass is 554 g/mol. The van der Waals surface area contributed by atoms with Gasteiger partial charge < -0.3 is 25.4 Å². The molecule has 15 heteroatoms. The Labute approximate surface area is 227 Å². The van der Waals surface area contributed by atoms with Gasteiger partial charge in [-0.3, -0.25) is 14.4 Å². The third kappa shape index (κ3) is 5.05. The van der Waals surface area contributed by atoms with Gasteiger partial charge in [-0.1, -0.05) is 6.92 Å². The molecule has 1 saturated carbocycles. The van der Waals surface area contributed by atoms with Crippen molar-refractivity contribution >= 4 is 35.2 Å². The molecule has 4 heterocycles. The van der Waals surface area contributed by atoms with Crippen LogP contribution < -0.4 is 20.9 Å². The number of nitrogens with one attached hydrogen (secondary N) is 3. The van der Waals surface area contributed by atoms with Crippen molar-refractivity contribution in [3.05, 3.63) is 36.7 Å². The number of carbonyl (C=O) groups excluding carboxylic acids is 3. The number of alkyl halides is 2. The molecule has 13 nitrogen and oxygen atoms in total. The third-order valence-corrected chi connectivity index (χ3v) is 7.17.